The Morgan fingerprint density at radius 3 is 2.77 bits per heavy atom. The molecule has 22 heavy (non-hydrogen) atoms. The Bertz CT molecular complexity index is 688. The van der Waals surface area contributed by atoms with Gasteiger partial charge in [0.05, 0.1) is 7.11 Å². The lowest BCUT2D eigenvalue weighted by Gasteiger charge is -2.20. The monoisotopic (exact) mass is 317 g/mol. The number of nitrogens with zero attached hydrogens (tertiary/aromatic N) is 1. The first-order valence-electron chi connectivity index (χ1n) is 6.98. The van der Waals surface area contributed by atoms with Crippen LogP contribution in [0, 0.1) is 0 Å². The minimum absolute atomic E-state index is 0.00216. The molecule has 0 atom stereocenters. The van der Waals surface area contributed by atoms with E-state index in [0.717, 1.165) is 11.1 Å². The van der Waals surface area contributed by atoms with E-state index in [2.05, 4.69) is 0 Å². The molecule has 2 aromatic rings. The highest BCUT2D eigenvalue weighted by Crippen LogP contribution is 2.37. The van der Waals surface area contributed by atoms with Gasteiger partial charge in [-0.25, -0.2) is 0 Å². The molecule has 4 nitrogen and oxygen atoms in total. The van der Waals surface area contributed by atoms with Crippen LogP contribution in [0.15, 0.2) is 42.5 Å². The summed E-state index contributed by atoms with van der Waals surface area (Å²) in [4.78, 5) is 14.1. The summed E-state index contributed by atoms with van der Waals surface area (Å²) in [7, 11) is 1.56. The van der Waals surface area contributed by atoms with Gasteiger partial charge in [-0.3, -0.25) is 4.79 Å². The molecule has 0 radical (unpaired) electrons. The third-order valence-corrected chi connectivity index (χ3v) is 3.80. The van der Waals surface area contributed by atoms with Gasteiger partial charge >= 0.3 is 0 Å². The highest BCUT2D eigenvalue weighted by molar-refractivity contribution is 6.30. The highest BCUT2D eigenvalue weighted by atomic mass is 35.5. The molecule has 0 fully saturated rings. The van der Waals surface area contributed by atoms with Crippen molar-refractivity contribution in [2.45, 2.75) is 13.1 Å². The van der Waals surface area contributed by atoms with Gasteiger partial charge in [-0.15, -0.1) is 0 Å². The molecule has 0 saturated heterocycles. The minimum Gasteiger partial charge on any atom is -0.493 e. The van der Waals surface area contributed by atoms with E-state index in [9.17, 15) is 4.79 Å². The van der Waals surface area contributed by atoms with Crippen LogP contribution in [0.5, 0.6) is 11.5 Å². The lowest BCUT2D eigenvalue weighted by atomic mass is 10.1. The average Bonchev–Trinajstić information content (AvgIpc) is 2.67. The molecule has 1 aliphatic heterocycles. The number of carbonyl (C=O) groups is 1. The van der Waals surface area contributed by atoms with Gasteiger partial charge in [0.25, 0.3) is 5.91 Å². The molecule has 0 saturated carbocycles. The van der Waals surface area contributed by atoms with E-state index in [-0.39, 0.29) is 12.5 Å². The van der Waals surface area contributed by atoms with Crippen LogP contribution in [0.3, 0.4) is 0 Å². The molecule has 5 heteroatoms. The molecule has 0 spiro atoms. The smallest absolute Gasteiger partial charge is 0.261 e. The van der Waals surface area contributed by atoms with Gasteiger partial charge in [0.15, 0.2) is 18.1 Å². The predicted molar refractivity (Wildman–Crippen MR) is 84.2 cm³/mol. The molecule has 0 N–H and O–H groups in total. The van der Waals surface area contributed by atoms with Gasteiger partial charge in [-0.2, -0.15) is 0 Å². The summed E-state index contributed by atoms with van der Waals surface area (Å²) in [5.41, 5.74) is 1.93. The second kappa shape index (κ2) is 6.28. The van der Waals surface area contributed by atoms with Crippen LogP contribution in [-0.2, 0) is 17.9 Å². The number of fused-ring (bicyclic) bond motifs is 1. The van der Waals surface area contributed by atoms with Crippen molar-refractivity contribution >= 4 is 17.5 Å². The zero-order valence-corrected chi connectivity index (χ0v) is 13.0. The number of hydrogen-bond acceptors (Lipinski definition) is 3. The Kier molecular flexibility index (Phi) is 4.20. The average molecular weight is 318 g/mol. The third kappa shape index (κ3) is 3.02. The molecule has 1 aliphatic rings. The maximum absolute atomic E-state index is 12.3. The third-order valence-electron chi connectivity index (χ3n) is 3.59. The fraction of sp³-hybridized carbons (Fsp3) is 0.235. The van der Waals surface area contributed by atoms with Crippen molar-refractivity contribution in [1.29, 1.82) is 0 Å². The van der Waals surface area contributed by atoms with Crippen molar-refractivity contribution in [1.82, 2.24) is 4.90 Å². The number of rotatable bonds is 3. The van der Waals surface area contributed by atoms with Gasteiger partial charge < -0.3 is 14.4 Å². The van der Waals surface area contributed by atoms with Crippen LogP contribution in [0.1, 0.15) is 11.1 Å². The van der Waals surface area contributed by atoms with Crippen molar-refractivity contribution in [3.8, 4) is 11.5 Å². The molecular formula is C17H16ClNO3. The SMILES string of the molecule is COc1cc(Cl)cc2c1OCC(=O)N(Cc1ccccc1)C2. The van der Waals surface area contributed by atoms with Gasteiger partial charge in [-0.1, -0.05) is 41.9 Å². The molecule has 0 aliphatic carbocycles. The summed E-state index contributed by atoms with van der Waals surface area (Å²) >= 11 is 6.12. The summed E-state index contributed by atoms with van der Waals surface area (Å²) in [6, 6.07) is 13.4. The Balaban J connectivity index is 1.91. The van der Waals surface area contributed by atoms with E-state index >= 15 is 0 Å². The van der Waals surface area contributed by atoms with Crippen LogP contribution in [-0.4, -0.2) is 24.5 Å². The second-order valence-corrected chi connectivity index (χ2v) is 5.56. The highest BCUT2D eigenvalue weighted by Gasteiger charge is 2.24. The van der Waals surface area contributed by atoms with Crippen molar-refractivity contribution in [3.63, 3.8) is 0 Å². The summed E-state index contributed by atoms with van der Waals surface area (Å²) in [5.74, 6) is 1.09. The van der Waals surface area contributed by atoms with E-state index in [1.807, 2.05) is 36.4 Å². The molecule has 0 bridgehead atoms. The van der Waals surface area contributed by atoms with Crippen LogP contribution < -0.4 is 9.47 Å². The number of hydrogen-bond donors (Lipinski definition) is 0. The zero-order valence-electron chi connectivity index (χ0n) is 12.2. The molecule has 0 aromatic heterocycles. The number of halogens is 1. The number of amides is 1. The van der Waals surface area contributed by atoms with E-state index in [1.165, 1.54) is 0 Å². The van der Waals surface area contributed by atoms with Gasteiger partial charge in [0.1, 0.15) is 0 Å². The topological polar surface area (TPSA) is 38.8 Å². The van der Waals surface area contributed by atoms with Crippen molar-refractivity contribution in [2.75, 3.05) is 13.7 Å². The van der Waals surface area contributed by atoms with Crippen molar-refractivity contribution in [3.05, 3.63) is 58.6 Å². The summed E-state index contributed by atoms with van der Waals surface area (Å²) in [6.45, 7) is 0.981. The standard InChI is InChI=1S/C17H16ClNO3/c1-21-15-8-14(18)7-13-10-19(16(20)11-22-17(13)15)9-12-5-3-2-4-6-12/h2-8H,9-11H2,1H3. The zero-order chi connectivity index (χ0) is 15.5. The van der Waals surface area contributed by atoms with E-state index in [0.29, 0.717) is 29.6 Å². The molecule has 2 aromatic carbocycles. The molecule has 0 unspecified atom stereocenters. The van der Waals surface area contributed by atoms with Crippen LogP contribution in [0.4, 0.5) is 0 Å². The Labute approximate surface area is 134 Å². The molecular weight excluding hydrogens is 302 g/mol. The van der Waals surface area contributed by atoms with E-state index in [4.69, 9.17) is 21.1 Å². The Morgan fingerprint density at radius 2 is 2.05 bits per heavy atom. The molecule has 1 amide bonds. The van der Waals surface area contributed by atoms with Gasteiger partial charge in [0.2, 0.25) is 0 Å². The van der Waals surface area contributed by atoms with Crippen LogP contribution >= 0.6 is 11.6 Å². The number of carbonyl (C=O) groups excluding carboxylic acids is 1. The lowest BCUT2D eigenvalue weighted by Crippen LogP contribution is -2.31. The lowest BCUT2D eigenvalue weighted by molar-refractivity contribution is -0.133. The Morgan fingerprint density at radius 1 is 1.27 bits per heavy atom. The predicted octanol–water partition coefficient (Wildman–Crippen LogP) is 3.27. The maximum atomic E-state index is 12.3. The summed E-state index contributed by atoms with van der Waals surface area (Å²) in [5, 5.41) is 0.563. The first-order chi connectivity index (χ1) is 10.7. The first-order valence-corrected chi connectivity index (χ1v) is 7.36. The number of benzene rings is 2. The van der Waals surface area contributed by atoms with Crippen molar-refractivity contribution in [2.24, 2.45) is 0 Å². The van der Waals surface area contributed by atoms with E-state index in [1.54, 1.807) is 18.1 Å². The van der Waals surface area contributed by atoms with Crippen LogP contribution in [0.25, 0.3) is 0 Å². The van der Waals surface area contributed by atoms with Crippen molar-refractivity contribution < 1.29 is 14.3 Å². The maximum Gasteiger partial charge on any atom is 0.261 e. The normalized spacial score (nSPS) is 14.1. The fourth-order valence-corrected chi connectivity index (χ4v) is 2.75. The minimum atomic E-state index is -0.0572. The second-order valence-electron chi connectivity index (χ2n) is 5.12. The molecule has 1 heterocycles. The molecule has 3 rings (SSSR count). The number of methoxy groups -OCH3 is 1. The summed E-state index contributed by atoms with van der Waals surface area (Å²) in [6.07, 6.45) is 0. The molecule has 114 valence electrons. The van der Waals surface area contributed by atoms with E-state index < -0.39 is 0 Å². The van der Waals surface area contributed by atoms with Gasteiger partial charge in [0, 0.05) is 29.7 Å². The first kappa shape index (κ1) is 14.7. The summed E-state index contributed by atoms with van der Waals surface area (Å²) < 4.78 is 10.9. The van der Waals surface area contributed by atoms with Gasteiger partial charge in [-0.05, 0) is 11.6 Å². The largest absolute Gasteiger partial charge is 0.493 e. The Hall–Kier alpha value is -2.20. The fourth-order valence-electron chi connectivity index (χ4n) is 2.52. The quantitative estimate of drug-likeness (QED) is 0.872. The van der Waals surface area contributed by atoms with Crippen LogP contribution in [0.2, 0.25) is 5.02 Å². The number of ether oxygens (including phenoxy) is 2.